The van der Waals surface area contributed by atoms with Gasteiger partial charge in [0.1, 0.15) is 11.5 Å². The molecule has 0 aromatic heterocycles. The predicted octanol–water partition coefficient (Wildman–Crippen LogP) is 2.42. The molecule has 0 bridgehead atoms. The highest BCUT2D eigenvalue weighted by molar-refractivity contribution is 5.53. The summed E-state index contributed by atoms with van der Waals surface area (Å²) in [5.41, 5.74) is 0.939. The van der Waals surface area contributed by atoms with Crippen molar-refractivity contribution in [3.63, 3.8) is 0 Å². The number of nitrogens with one attached hydrogen (secondary N) is 1. The topological polar surface area (TPSA) is 54.3 Å². The zero-order valence-corrected chi connectivity index (χ0v) is 9.62. The van der Waals surface area contributed by atoms with Crippen molar-refractivity contribution in [1.82, 2.24) is 0 Å². The predicted molar refractivity (Wildman–Crippen MR) is 62.9 cm³/mol. The maximum Gasteiger partial charge on any atom is 0.124 e. The van der Waals surface area contributed by atoms with Crippen LogP contribution in [0.5, 0.6) is 11.5 Å². The number of anilines is 1. The number of methoxy groups -OCH3 is 2. The van der Waals surface area contributed by atoms with Crippen molar-refractivity contribution in [2.24, 2.45) is 0 Å². The zero-order chi connectivity index (χ0) is 11.8. The van der Waals surface area contributed by atoms with Crippen LogP contribution in [0.3, 0.4) is 0 Å². The standard InChI is InChI=1S/C12H16N2O2/c1-15-11-7-10(8-12(9-11)16-2)14-6-4-3-5-13/h7-9,14H,3-4,6H2,1-2H3. The van der Waals surface area contributed by atoms with Gasteiger partial charge in [-0.05, 0) is 6.42 Å². The monoisotopic (exact) mass is 220 g/mol. The van der Waals surface area contributed by atoms with Crippen molar-refractivity contribution in [2.45, 2.75) is 12.8 Å². The molecule has 4 heteroatoms. The van der Waals surface area contributed by atoms with Crippen molar-refractivity contribution in [3.8, 4) is 17.6 Å². The molecule has 0 aliphatic heterocycles. The van der Waals surface area contributed by atoms with Crippen LogP contribution in [0.4, 0.5) is 5.69 Å². The van der Waals surface area contributed by atoms with E-state index in [4.69, 9.17) is 14.7 Å². The summed E-state index contributed by atoms with van der Waals surface area (Å²) in [5.74, 6) is 1.50. The first-order valence-electron chi connectivity index (χ1n) is 5.14. The second-order valence-electron chi connectivity index (χ2n) is 3.29. The SMILES string of the molecule is COc1cc(NCCCC#N)cc(OC)c1. The van der Waals surface area contributed by atoms with E-state index in [1.54, 1.807) is 14.2 Å². The fraction of sp³-hybridized carbons (Fsp3) is 0.417. The number of benzene rings is 1. The second kappa shape index (κ2) is 6.57. The molecule has 0 radical (unpaired) electrons. The quantitative estimate of drug-likeness (QED) is 0.748. The van der Waals surface area contributed by atoms with Gasteiger partial charge in [0.05, 0.1) is 20.3 Å². The Morgan fingerprint density at radius 2 is 1.81 bits per heavy atom. The smallest absolute Gasteiger partial charge is 0.124 e. The highest BCUT2D eigenvalue weighted by Gasteiger charge is 2.00. The Hall–Kier alpha value is -1.89. The van der Waals surface area contributed by atoms with E-state index >= 15 is 0 Å². The molecule has 16 heavy (non-hydrogen) atoms. The first-order valence-corrected chi connectivity index (χ1v) is 5.14. The molecular weight excluding hydrogens is 204 g/mol. The molecule has 0 heterocycles. The number of nitrogens with zero attached hydrogens (tertiary/aromatic N) is 1. The van der Waals surface area contributed by atoms with E-state index in [2.05, 4.69) is 11.4 Å². The lowest BCUT2D eigenvalue weighted by molar-refractivity contribution is 0.394. The largest absolute Gasteiger partial charge is 0.497 e. The van der Waals surface area contributed by atoms with Crippen LogP contribution >= 0.6 is 0 Å². The van der Waals surface area contributed by atoms with Gasteiger partial charge in [0.2, 0.25) is 0 Å². The molecule has 0 saturated carbocycles. The van der Waals surface area contributed by atoms with Crippen molar-refractivity contribution in [3.05, 3.63) is 18.2 Å². The molecule has 0 aliphatic carbocycles. The Kier molecular flexibility index (Phi) is 5.00. The number of nitriles is 1. The Morgan fingerprint density at radius 3 is 2.31 bits per heavy atom. The molecule has 1 rings (SSSR count). The molecule has 0 fully saturated rings. The number of unbranched alkanes of at least 4 members (excludes halogenated alkanes) is 1. The van der Waals surface area contributed by atoms with E-state index in [0.717, 1.165) is 30.2 Å². The van der Waals surface area contributed by atoms with E-state index in [0.29, 0.717) is 6.42 Å². The van der Waals surface area contributed by atoms with Gasteiger partial charge in [-0.25, -0.2) is 0 Å². The number of hydrogen-bond acceptors (Lipinski definition) is 4. The van der Waals surface area contributed by atoms with Crippen LogP contribution in [-0.2, 0) is 0 Å². The highest BCUT2D eigenvalue weighted by atomic mass is 16.5. The van der Waals surface area contributed by atoms with Gasteiger partial charge in [0.25, 0.3) is 0 Å². The Balaban J connectivity index is 2.61. The molecular formula is C12H16N2O2. The first kappa shape index (κ1) is 12.2. The van der Waals surface area contributed by atoms with Gasteiger partial charge in [-0.15, -0.1) is 0 Å². The summed E-state index contributed by atoms with van der Waals surface area (Å²) in [4.78, 5) is 0. The summed E-state index contributed by atoms with van der Waals surface area (Å²) >= 11 is 0. The van der Waals surface area contributed by atoms with Crippen molar-refractivity contribution < 1.29 is 9.47 Å². The lowest BCUT2D eigenvalue weighted by Crippen LogP contribution is -2.01. The molecule has 0 spiro atoms. The normalized spacial score (nSPS) is 9.31. The minimum Gasteiger partial charge on any atom is -0.497 e. The molecule has 1 N–H and O–H groups in total. The van der Waals surface area contributed by atoms with Gasteiger partial charge in [-0.3, -0.25) is 0 Å². The van der Waals surface area contributed by atoms with E-state index < -0.39 is 0 Å². The number of ether oxygens (including phenoxy) is 2. The third-order valence-electron chi connectivity index (χ3n) is 2.15. The molecule has 0 saturated heterocycles. The van der Waals surface area contributed by atoms with Gasteiger partial charge in [0, 0.05) is 36.9 Å². The van der Waals surface area contributed by atoms with E-state index in [-0.39, 0.29) is 0 Å². The number of rotatable bonds is 6. The van der Waals surface area contributed by atoms with Gasteiger partial charge in [-0.2, -0.15) is 5.26 Å². The second-order valence-corrected chi connectivity index (χ2v) is 3.29. The Morgan fingerprint density at radius 1 is 1.19 bits per heavy atom. The van der Waals surface area contributed by atoms with Crippen LogP contribution in [0, 0.1) is 11.3 Å². The van der Waals surface area contributed by atoms with Gasteiger partial charge in [-0.1, -0.05) is 0 Å². The molecule has 1 aromatic carbocycles. The summed E-state index contributed by atoms with van der Waals surface area (Å²) in [7, 11) is 3.24. The molecule has 0 amide bonds. The maximum absolute atomic E-state index is 8.41. The van der Waals surface area contributed by atoms with Gasteiger partial charge < -0.3 is 14.8 Å². The van der Waals surface area contributed by atoms with Crippen LogP contribution < -0.4 is 14.8 Å². The van der Waals surface area contributed by atoms with Crippen molar-refractivity contribution in [1.29, 1.82) is 5.26 Å². The average Bonchev–Trinajstić information content (AvgIpc) is 2.34. The van der Waals surface area contributed by atoms with Crippen molar-refractivity contribution >= 4 is 5.69 Å². The fourth-order valence-electron chi connectivity index (χ4n) is 1.31. The molecule has 0 atom stereocenters. The van der Waals surface area contributed by atoms with Crippen LogP contribution in [0.2, 0.25) is 0 Å². The number of hydrogen-bond donors (Lipinski definition) is 1. The molecule has 4 nitrogen and oxygen atoms in total. The van der Waals surface area contributed by atoms with Crippen LogP contribution in [0.15, 0.2) is 18.2 Å². The van der Waals surface area contributed by atoms with Gasteiger partial charge in [0.15, 0.2) is 0 Å². The molecule has 86 valence electrons. The summed E-state index contributed by atoms with van der Waals surface area (Å²) in [6.45, 7) is 0.768. The minimum absolute atomic E-state index is 0.564. The summed E-state index contributed by atoms with van der Waals surface area (Å²) in [6.07, 6.45) is 1.39. The third kappa shape index (κ3) is 3.70. The third-order valence-corrected chi connectivity index (χ3v) is 2.15. The van der Waals surface area contributed by atoms with Crippen LogP contribution in [0.1, 0.15) is 12.8 Å². The van der Waals surface area contributed by atoms with Crippen molar-refractivity contribution in [2.75, 3.05) is 26.1 Å². The van der Waals surface area contributed by atoms with E-state index in [9.17, 15) is 0 Å². The van der Waals surface area contributed by atoms with E-state index in [1.807, 2.05) is 18.2 Å². The first-order chi connectivity index (χ1) is 7.80. The van der Waals surface area contributed by atoms with Gasteiger partial charge >= 0.3 is 0 Å². The Bertz CT molecular complexity index is 350. The summed E-state index contributed by atoms with van der Waals surface area (Å²) < 4.78 is 10.3. The lowest BCUT2D eigenvalue weighted by atomic mass is 10.2. The zero-order valence-electron chi connectivity index (χ0n) is 9.62. The fourth-order valence-corrected chi connectivity index (χ4v) is 1.31. The van der Waals surface area contributed by atoms with Crippen LogP contribution in [0.25, 0.3) is 0 Å². The Labute approximate surface area is 95.8 Å². The molecule has 0 unspecified atom stereocenters. The summed E-state index contributed by atoms with van der Waals surface area (Å²) in [6, 6.07) is 7.73. The van der Waals surface area contributed by atoms with Crippen LogP contribution in [-0.4, -0.2) is 20.8 Å². The summed E-state index contributed by atoms with van der Waals surface area (Å²) in [5, 5.41) is 11.6. The molecule has 1 aromatic rings. The average molecular weight is 220 g/mol. The lowest BCUT2D eigenvalue weighted by Gasteiger charge is -2.09. The molecule has 0 aliphatic rings. The minimum atomic E-state index is 0.564. The maximum atomic E-state index is 8.41. The van der Waals surface area contributed by atoms with E-state index in [1.165, 1.54) is 0 Å². The highest BCUT2D eigenvalue weighted by Crippen LogP contribution is 2.25.